The van der Waals surface area contributed by atoms with Crippen LogP contribution in [0.3, 0.4) is 0 Å². The van der Waals surface area contributed by atoms with E-state index in [-0.39, 0.29) is 5.41 Å². The Bertz CT molecular complexity index is 681. The van der Waals surface area contributed by atoms with E-state index in [2.05, 4.69) is 65.5 Å². The Balaban J connectivity index is 1.59. The van der Waals surface area contributed by atoms with Gasteiger partial charge in [0.15, 0.2) is 0 Å². The number of aromatic amines is 1. The second-order valence-corrected chi connectivity index (χ2v) is 8.37. The van der Waals surface area contributed by atoms with Gasteiger partial charge in [0.05, 0.1) is 12.8 Å². The molecule has 148 valence electrons. The minimum absolute atomic E-state index is 0.285. The van der Waals surface area contributed by atoms with Gasteiger partial charge in [0, 0.05) is 24.5 Å². The highest BCUT2D eigenvalue weighted by molar-refractivity contribution is 5.51. The molecule has 0 bridgehead atoms. The summed E-state index contributed by atoms with van der Waals surface area (Å²) in [6.45, 7) is 13.0. The van der Waals surface area contributed by atoms with Gasteiger partial charge >= 0.3 is 0 Å². The molecule has 0 spiro atoms. The molecule has 0 radical (unpaired) electrons. The first-order valence-corrected chi connectivity index (χ1v) is 10.2. The molecule has 0 amide bonds. The normalized spacial score (nSPS) is 22.0. The van der Waals surface area contributed by atoms with Crippen LogP contribution in [0.2, 0.25) is 0 Å². The zero-order valence-electron chi connectivity index (χ0n) is 17.2. The van der Waals surface area contributed by atoms with Crippen LogP contribution < -0.4 is 15.0 Å². The van der Waals surface area contributed by atoms with Gasteiger partial charge in [0.25, 0.3) is 0 Å². The highest BCUT2D eigenvalue weighted by Gasteiger charge is 2.38. The number of benzene rings is 1. The molecule has 1 saturated heterocycles. The van der Waals surface area contributed by atoms with Crippen LogP contribution in [0.4, 0.5) is 5.69 Å². The lowest BCUT2D eigenvalue weighted by Crippen LogP contribution is -2.53. The molecule has 0 saturated carbocycles. The van der Waals surface area contributed by atoms with E-state index in [1.165, 1.54) is 17.7 Å². The summed E-state index contributed by atoms with van der Waals surface area (Å²) in [6, 6.07) is 9.09. The minimum Gasteiger partial charge on any atom is -0.494 e. The lowest BCUT2D eigenvalue weighted by Gasteiger charge is -2.49. The summed E-state index contributed by atoms with van der Waals surface area (Å²) in [5.74, 6) is 1.59. The van der Waals surface area contributed by atoms with E-state index in [1.807, 2.05) is 19.3 Å². The van der Waals surface area contributed by atoms with Crippen molar-refractivity contribution in [2.75, 3.05) is 31.1 Å². The van der Waals surface area contributed by atoms with Crippen LogP contribution in [0.15, 0.2) is 36.7 Å². The van der Waals surface area contributed by atoms with Crippen LogP contribution in [0.25, 0.3) is 0 Å². The van der Waals surface area contributed by atoms with E-state index in [1.54, 1.807) is 0 Å². The van der Waals surface area contributed by atoms with E-state index in [0.29, 0.717) is 18.6 Å². The average Bonchev–Trinajstić information content (AvgIpc) is 3.16. The number of piperidine rings is 1. The fraction of sp³-hybridized carbons (Fsp3) is 0.591. The van der Waals surface area contributed by atoms with Gasteiger partial charge in [-0.15, -0.1) is 0 Å². The number of nitrogens with one attached hydrogen (secondary N) is 2. The van der Waals surface area contributed by atoms with Crippen LogP contribution in [-0.4, -0.2) is 42.5 Å². The summed E-state index contributed by atoms with van der Waals surface area (Å²) in [5.41, 5.74) is 2.84. The first kappa shape index (κ1) is 19.7. The Morgan fingerprint density at radius 1 is 1.30 bits per heavy atom. The van der Waals surface area contributed by atoms with Crippen molar-refractivity contribution in [2.24, 2.45) is 11.3 Å². The molecule has 2 unspecified atom stereocenters. The van der Waals surface area contributed by atoms with E-state index in [9.17, 15) is 0 Å². The first-order valence-electron chi connectivity index (χ1n) is 10.2. The topological polar surface area (TPSA) is 53.2 Å². The van der Waals surface area contributed by atoms with Crippen molar-refractivity contribution < 1.29 is 4.74 Å². The fourth-order valence-corrected chi connectivity index (χ4v) is 4.16. The smallest absolute Gasteiger partial charge is 0.119 e. The number of ether oxygens (including phenoxy) is 1. The molecule has 1 fully saturated rings. The van der Waals surface area contributed by atoms with Crippen LogP contribution in [-0.2, 0) is 6.42 Å². The summed E-state index contributed by atoms with van der Waals surface area (Å²) in [6.07, 6.45) is 6.15. The van der Waals surface area contributed by atoms with Gasteiger partial charge in [-0.25, -0.2) is 0 Å². The number of aromatic nitrogens is 2. The maximum absolute atomic E-state index is 5.60. The number of anilines is 1. The third kappa shape index (κ3) is 5.04. The van der Waals surface area contributed by atoms with Gasteiger partial charge in [0.2, 0.25) is 0 Å². The van der Waals surface area contributed by atoms with Gasteiger partial charge in [-0.1, -0.05) is 13.8 Å². The van der Waals surface area contributed by atoms with Crippen molar-refractivity contribution in [1.29, 1.82) is 0 Å². The largest absolute Gasteiger partial charge is 0.494 e. The standard InChI is InChI=1S/C22H34N4O/c1-5-27-21-8-6-20(7-9-21)26-16-19(12-22(3,4)17(26)2)13-23-11-10-18-14-24-25-15-18/h6-9,14-15,17,19,23H,5,10-13,16H2,1-4H3,(H,24,25). The third-order valence-corrected chi connectivity index (χ3v) is 5.93. The summed E-state index contributed by atoms with van der Waals surface area (Å²) >= 11 is 0. The quantitative estimate of drug-likeness (QED) is 0.693. The van der Waals surface area contributed by atoms with Gasteiger partial charge in [-0.2, -0.15) is 5.10 Å². The van der Waals surface area contributed by atoms with Crippen molar-refractivity contribution in [1.82, 2.24) is 15.5 Å². The predicted molar refractivity (Wildman–Crippen MR) is 111 cm³/mol. The van der Waals surface area contributed by atoms with E-state index in [0.717, 1.165) is 31.8 Å². The third-order valence-electron chi connectivity index (χ3n) is 5.93. The Labute approximate surface area is 163 Å². The predicted octanol–water partition coefficient (Wildman–Crippen LogP) is 3.88. The molecular weight excluding hydrogens is 336 g/mol. The highest BCUT2D eigenvalue weighted by Crippen LogP contribution is 2.40. The fourth-order valence-electron chi connectivity index (χ4n) is 4.16. The Morgan fingerprint density at radius 3 is 2.74 bits per heavy atom. The number of H-pyrrole nitrogens is 1. The molecule has 2 aromatic rings. The SMILES string of the molecule is CCOc1ccc(N2CC(CNCCc3cn[nH]c3)CC(C)(C)C2C)cc1. The van der Waals surface area contributed by atoms with Gasteiger partial charge in [-0.3, -0.25) is 5.10 Å². The van der Waals surface area contributed by atoms with Crippen LogP contribution in [0, 0.1) is 11.3 Å². The molecule has 3 rings (SSSR count). The number of rotatable bonds is 8. The Kier molecular flexibility index (Phi) is 6.42. The van der Waals surface area contributed by atoms with E-state index in [4.69, 9.17) is 4.74 Å². The summed E-state index contributed by atoms with van der Waals surface area (Å²) < 4.78 is 5.60. The van der Waals surface area contributed by atoms with Gasteiger partial charge in [-0.05, 0) is 80.9 Å². The Morgan fingerprint density at radius 2 is 2.07 bits per heavy atom. The molecule has 0 aliphatic carbocycles. The van der Waals surface area contributed by atoms with Gasteiger partial charge < -0.3 is 15.0 Å². The first-order chi connectivity index (χ1) is 13.0. The van der Waals surface area contributed by atoms with Crippen LogP contribution in [0.1, 0.15) is 39.7 Å². The van der Waals surface area contributed by atoms with E-state index < -0.39 is 0 Å². The maximum atomic E-state index is 5.60. The molecular formula is C22H34N4O. The summed E-state index contributed by atoms with van der Waals surface area (Å²) in [5, 5.41) is 10.5. The summed E-state index contributed by atoms with van der Waals surface area (Å²) in [4.78, 5) is 2.57. The van der Waals surface area contributed by atoms with E-state index >= 15 is 0 Å². The highest BCUT2D eigenvalue weighted by atomic mass is 16.5. The van der Waals surface area contributed by atoms with Crippen molar-refractivity contribution in [3.05, 3.63) is 42.2 Å². The molecule has 1 aromatic heterocycles. The number of nitrogens with zero attached hydrogens (tertiary/aromatic N) is 2. The maximum Gasteiger partial charge on any atom is 0.119 e. The van der Waals surface area contributed by atoms with Crippen molar-refractivity contribution in [3.63, 3.8) is 0 Å². The molecule has 1 aliphatic heterocycles. The Hall–Kier alpha value is -2.01. The van der Waals surface area contributed by atoms with Crippen molar-refractivity contribution in [2.45, 2.75) is 46.6 Å². The van der Waals surface area contributed by atoms with Gasteiger partial charge in [0.1, 0.15) is 5.75 Å². The zero-order valence-corrected chi connectivity index (χ0v) is 17.2. The lowest BCUT2D eigenvalue weighted by atomic mass is 9.72. The van der Waals surface area contributed by atoms with Crippen molar-refractivity contribution in [3.8, 4) is 5.75 Å². The molecule has 1 aromatic carbocycles. The molecule has 2 atom stereocenters. The second-order valence-electron chi connectivity index (χ2n) is 8.37. The van der Waals surface area contributed by atoms with Crippen molar-refractivity contribution >= 4 is 5.69 Å². The minimum atomic E-state index is 0.285. The van der Waals surface area contributed by atoms with Crippen LogP contribution >= 0.6 is 0 Å². The zero-order chi connectivity index (χ0) is 19.3. The molecule has 5 nitrogen and oxygen atoms in total. The molecule has 2 heterocycles. The molecule has 1 aliphatic rings. The second kappa shape index (κ2) is 8.79. The summed E-state index contributed by atoms with van der Waals surface area (Å²) in [7, 11) is 0. The average molecular weight is 371 g/mol. The molecule has 2 N–H and O–H groups in total. The molecule has 27 heavy (non-hydrogen) atoms. The van der Waals surface area contributed by atoms with Crippen LogP contribution in [0.5, 0.6) is 5.75 Å². The number of hydrogen-bond donors (Lipinski definition) is 2. The monoisotopic (exact) mass is 370 g/mol. The number of hydrogen-bond acceptors (Lipinski definition) is 4. The molecule has 5 heteroatoms. The lowest BCUT2D eigenvalue weighted by molar-refractivity contribution is 0.171.